The van der Waals surface area contributed by atoms with Crippen LogP contribution in [0.4, 0.5) is 0 Å². The van der Waals surface area contributed by atoms with Gasteiger partial charge in [0, 0.05) is 0 Å². The highest BCUT2D eigenvalue weighted by Crippen LogP contribution is 2.38. The van der Waals surface area contributed by atoms with Crippen molar-refractivity contribution in [3.63, 3.8) is 0 Å². The lowest BCUT2D eigenvalue weighted by Gasteiger charge is -2.24. The van der Waals surface area contributed by atoms with Gasteiger partial charge in [0.15, 0.2) is 16.3 Å². The number of thiazole rings is 1. The van der Waals surface area contributed by atoms with Crippen molar-refractivity contribution < 1.29 is 19.0 Å². The average Bonchev–Trinajstić information content (AvgIpc) is 3.39. The molecule has 0 fully saturated rings. The third-order valence-electron chi connectivity index (χ3n) is 5.47. The molecule has 174 valence electrons. The maximum atomic E-state index is 13.6. The first-order valence-corrected chi connectivity index (χ1v) is 12.0. The van der Waals surface area contributed by atoms with Crippen LogP contribution in [0.3, 0.4) is 0 Å². The molecular weight excluding hydrogens is 499 g/mol. The molecule has 3 heterocycles. The van der Waals surface area contributed by atoms with Crippen LogP contribution in [0.25, 0.3) is 6.08 Å². The van der Waals surface area contributed by atoms with Gasteiger partial charge >= 0.3 is 5.97 Å². The zero-order valence-corrected chi connectivity index (χ0v) is 20.5. The quantitative estimate of drug-likeness (QED) is 0.492. The fourth-order valence-corrected chi connectivity index (χ4v) is 5.30. The third-order valence-corrected chi connectivity index (χ3v) is 7.19. The van der Waals surface area contributed by atoms with Crippen molar-refractivity contribution in [1.82, 2.24) is 4.57 Å². The first-order chi connectivity index (χ1) is 16.4. The van der Waals surface area contributed by atoms with Gasteiger partial charge in [0.25, 0.3) is 5.56 Å². The van der Waals surface area contributed by atoms with E-state index in [-0.39, 0.29) is 19.0 Å². The fraction of sp³-hybridized carbons (Fsp3) is 0.208. The number of allylic oxidation sites excluding steroid dienone is 1. The molecule has 0 aliphatic carbocycles. The number of carbonyl (C=O) groups is 1. The zero-order valence-electron chi connectivity index (χ0n) is 18.1. The van der Waals surface area contributed by atoms with E-state index in [1.807, 2.05) is 6.07 Å². The summed E-state index contributed by atoms with van der Waals surface area (Å²) in [6, 6.07) is 9.75. The molecule has 0 N–H and O–H groups in total. The van der Waals surface area contributed by atoms with Crippen LogP contribution in [0.1, 0.15) is 31.0 Å². The highest BCUT2D eigenvalue weighted by Gasteiger charge is 2.34. The molecule has 1 aromatic heterocycles. The van der Waals surface area contributed by atoms with Crippen molar-refractivity contribution in [2.24, 2.45) is 4.99 Å². The van der Waals surface area contributed by atoms with Crippen LogP contribution in [-0.4, -0.2) is 23.9 Å². The molecule has 2 aliphatic rings. The van der Waals surface area contributed by atoms with Crippen molar-refractivity contribution >= 4 is 46.6 Å². The Bertz CT molecular complexity index is 1540. The van der Waals surface area contributed by atoms with Crippen LogP contribution < -0.4 is 24.4 Å². The van der Waals surface area contributed by atoms with E-state index < -0.39 is 12.0 Å². The average molecular weight is 517 g/mol. The van der Waals surface area contributed by atoms with E-state index in [0.717, 1.165) is 5.56 Å². The number of hydrogen-bond donors (Lipinski definition) is 0. The highest BCUT2D eigenvalue weighted by molar-refractivity contribution is 7.07. The minimum atomic E-state index is -0.735. The zero-order chi connectivity index (χ0) is 24.0. The highest BCUT2D eigenvalue weighted by atomic mass is 35.5. The van der Waals surface area contributed by atoms with E-state index in [0.29, 0.717) is 47.7 Å². The van der Waals surface area contributed by atoms with Gasteiger partial charge < -0.3 is 14.2 Å². The molecule has 2 aromatic carbocycles. The van der Waals surface area contributed by atoms with E-state index in [2.05, 4.69) is 4.99 Å². The molecule has 0 saturated heterocycles. The molecule has 7 nitrogen and oxygen atoms in total. The minimum Gasteiger partial charge on any atom is -0.463 e. The second-order valence-corrected chi connectivity index (χ2v) is 9.41. The van der Waals surface area contributed by atoms with Gasteiger partial charge in [0.1, 0.15) is 0 Å². The first kappa shape index (κ1) is 22.7. The number of esters is 1. The lowest BCUT2D eigenvalue weighted by molar-refractivity contribution is -0.139. The predicted molar refractivity (Wildman–Crippen MR) is 129 cm³/mol. The Morgan fingerprint density at radius 1 is 1.21 bits per heavy atom. The molecule has 5 rings (SSSR count). The molecule has 0 spiro atoms. The number of aromatic nitrogens is 1. The lowest BCUT2D eigenvalue weighted by atomic mass is 9.95. The number of rotatable bonds is 4. The number of ether oxygens (including phenoxy) is 3. The van der Waals surface area contributed by atoms with Crippen LogP contribution in [0.15, 0.2) is 57.5 Å². The van der Waals surface area contributed by atoms with Crippen molar-refractivity contribution in [1.29, 1.82) is 0 Å². The summed E-state index contributed by atoms with van der Waals surface area (Å²) in [5.74, 6) is 0.632. The van der Waals surface area contributed by atoms with E-state index in [1.165, 1.54) is 15.9 Å². The lowest BCUT2D eigenvalue weighted by Crippen LogP contribution is -2.39. The molecule has 2 aliphatic heterocycles. The second-order valence-electron chi connectivity index (χ2n) is 7.59. The van der Waals surface area contributed by atoms with Crippen molar-refractivity contribution in [3.8, 4) is 11.5 Å². The Kier molecular flexibility index (Phi) is 5.97. The first-order valence-electron chi connectivity index (χ1n) is 10.4. The monoisotopic (exact) mass is 516 g/mol. The Balaban J connectivity index is 1.72. The van der Waals surface area contributed by atoms with Gasteiger partial charge in [0.2, 0.25) is 6.79 Å². The van der Waals surface area contributed by atoms with Crippen LogP contribution in [0.5, 0.6) is 11.5 Å². The number of benzene rings is 2. The molecule has 0 bridgehead atoms. The maximum absolute atomic E-state index is 13.6. The number of hydrogen-bond acceptors (Lipinski definition) is 7. The van der Waals surface area contributed by atoms with Crippen molar-refractivity contribution in [2.75, 3.05) is 13.4 Å². The summed E-state index contributed by atoms with van der Waals surface area (Å²) < 4.78 is 18.2. The molecule has 0 amide bonds. The summed E-state index contributed by atoms with van der Waals surface area (Å²) >= 11 is 13.4. The SMILES string of the molecule is CCOC(=O)C1=C(C)N=c2s/c(=C\c3ccc(Cl)c(Cl)c3)c(=O)n2C1c1ccc2c(c1)OCO2. The summed E-state index contributed by atoms with van der Waals surface area (Å²) in [4.78, 5) is 31.6. The van der Waals surface area contributed by atoms with Gasteiger partial charge in [-0.25, -0.2) is 9.79 Å². The number of fused-ring (bicyclic) bond motifs is 2. The van der Waals surface area contributed by atoms with Gasteiger partial charge in [-0.3, -0.25) is 9.36 Å². The Morgan fingerprint density at radius 3 is 2.76 bits per heavy atom. The van der Waals surface area contributed by atoms with Gasteiger partial charge in [-0.15, -0.1) is 0 Å². The smallest absolute Gasteiger partial charge is 0.338 e. The minimum absolute atomic E-state index is 0.116. The largest absolute Gasteiger partial charge is 0.463 e. The van der Waals surface area contributed by atoms with Gasteiger partial charge in [-0.2, -0.15) is 0 Å². The predicted octanol–water partition coefficient (Wildman–Crippen LogP) is 3.83. The standard InChI is InChI=1S/C24H18Cl2N2O5S/c1-3-31-23(30)20-12(2)27-24-28(21(20)14-5-7-17-18(10-14)33-11-32-17)22(29)19(34-24)9-13-4-6-15(25)16(26)8-13/h4-10,21H,3,11H2,1-2H3/b19-9-. The molecule has 1 atom stereocenters. The topological polar surface area (TPSA) is 79.1 Å². The Labute approximate surface area is 208 Å². The normalized spacial score (nSPS) is 16.9. The van der Waals surface area contributed by atoms with E-state index in [9.17, 15) is 9.59 Å². The summed E-state index contributed by atoms with van der Waals surface area (Å²) in [5, 5.41) is 0.819. The molecule has 10 heteroatoms. The number of carbonyl (C=O) groups excluding carboxylic acids is 1. The third kappa shape index (κ3) is 3.91. The molecule has 1 unspecified atom stereocenters. The summed E-state index contributed by atoms with van der Waals surface area (Å²) in [7, 11) is 0. The second kappa shape index (κ2) is 8.94. The van der Waals surface area contributed by atoms with Gasteiger partial charge in [-0.05, 0) is 55.3 Å². The molecule has 0 saturated carbocycles. The van der Waals surface area contributed by atoms with Gasteiger partial charge in [-0.1, -0.05) is 46.7 Å². The summed E-state index contributed by atoms with van der Waals surface area (Å²) in [5.41, 5.74) is 1.91. The van der Waals surface area contributed by atoms with Crippen molar-refractivity contribution in [2.45, 2.75) is 19.9 Å². The van der Waals surface area contributed by atoms with Crippen LogP contribution in [0, 0.1) is 0 Å². The maximum Gasteiger partial charge on any atom is 0.338 e. The summed E-state index contributed by atoms with van der Waals surface area (Å²) in [6.45, 7) is 3.79. The van der Waals surface area contributed by atoms with E-state index in [4.69, 9.17) is 37.4 Å². The molecule has 34 heavy (non-hydrogen) atoms. The van der Waals surface area contributed by atoms with Crippen LogP contribution in [0.2, 0.25) is 10.0 Å². The van der Waals surface area contributed by atoms with E-state index >= 15 is 0 Å². The molecular formula is C24H18Cl2N2O5S. The molecule has 0 radical (unpaired) electrons. The number of halogens is 2. The van der Waals surface area contributed by atoms with Gasteiger partial charge in [0.05, 0.1) is 38.5 Å². The van der Waals surface area contributed by atoms with Crippen molar-refractivity contribution in [3.05, 3.63) is 88.5 Å². The molecule has 3 aromatic rings. The fourth-order valence-electron chi connectivity index (χ4n) is 3.94. The van der Waals surface area contributed by atoms with E-state index in [1.54, 1.807) is 50.3 Å². The van der Waals surface area contributed by atoms with Crippen LogP contribution in [-0.2, 0) is 9.53 Å². The summed E-state index contributed by atoms with van der Waals surface area (Å²) in [6.07, 6.45) is 1.73. The van der Waals surface area contributed by atoms with Crippen LogP contribution >= 0.6 is 34.5 Å². The number of nitrogens with zero attached hydrogens (tertiary/aromatic N) is 2. The Morgan fingerprint density at radius 2 is 2.00 bits per heavy atom. The Hall–Kier alpha value is -3.07.